The predicted molar refractivity (Wildman–Crippen MR) is 68.4 cm³/mol. The molecular weight excluding hydrogens is 270 g/mol. The van der Waals surface area contributed by atoms with Crippen molar-refractivity contribution in [3.05, 3.63) is 29.8 Å². The summed E-state index contributed by atoms with van der Waals surface area (Å²) in [5.74, 6) is 3.20. The maximum Gasteiger partial charge on any atom is 0.323 e. The number of halogens is 2. The van der Waals surface area contributed by atoms with E-state index in [0.717, 1.165) is 6.07 Å². The zero-order chi connectivity index (χ0) is 14.5. The van der Waals surface area contributed by atoms with Crippen LogP contribution in [0.25, 0.3) is 0 Å². The van der Waals surface area contributed by atoms with Crippen LogP contribution in [0.1, 0.15) is 6.92 Å². The molecular formula is C11H12F2N6O. The summed E-state index contributed by atoms with van der Waals surface area (Å²) in [5.41, 5.74) is 2.12. The van der Waals surface area contributed by atoms with Crippen molar-refractivity contribution in [2.24, 2.45) is 5.84 Å². The van der Waals surface area contributed by atoms with Crippen molar-refractivity contribution >= 4 is 17.6 Å². The fourth-order valence-electron chi connectivity index (χ4n) is 1.39. The lowest BCUT2D eigenvalue weighted by atomic mass is 10.3. The van der Waals surface area contributed by atoms with Crippen LogP contribution in [-0.4, -0.2) is 21.6 Å². The Morgan fingerprint density at radius 3 is 2.65 bits per heavy atom. The van der Waals surface area contributed by atoms with E-state index in [0.29, 0.717) is 6.61 Å². The largest absolute Gasteiger partial charge is 0.464 e. The molecule has 20 heavy (non-hydrogen) atoms. The van der Waals surface area contributed by atoms with Crippen molar-refractivity contribution in [1.82, 2.24) is 15.0 Å². The Kier molecular flexibility index (Phi) is 4.20. The van der Waals surface area contributed by atoms with Gasteiger partial charge in [-0.1, -0.05) is 6.07 Å². The van der Waals surface area contributed by atoms with E-state index in [-0.39, 0.29) is 23.6 Å². The van der Waals surface area contributed by atoms with E-state index >= 15 is 0 Å². The van der Waals surface area contributed by atoms with Crippen LogP contribution in [-0.2, 0) is 0 Å². The molecule has 0 aliphatic rings. The topological polar surface area (TPSA) is 98.0 Å². The molecule has 1 heterocycles. The predicted octanol–water partition coefficient (Wildman–Crippen LogP) is 1.58. The average molecular weight is 282 g/mol. The van der Waals surface area contributed by atoms with Gasteiger partial charge in [0.15, 0.2) is 11.6 Å². The van der Waals surface area contributed by atoms with Crippen molar-refractivity contribution in [1.29, 1.82) is 0 Å². The summed E-state index contributed by atoms with van der Waals surface area (Å²) in [6.07, 6.45) is 0. The number of hydrogen-bond acceptors (Lipinski definition) is 7. The quantitative estimate of drug-likeness (QED) is 0.565. The average Bonchev–Trinajstić information content (AvgIpc) is 2.44. The van der Waals surface area contributed by atoms with Crippen LogP contribution < -0.4 is 21.3 Å². The van der Waals surface area contributed by atoms with Crippen molar-refractivity contribution in [2.75, 3.05) is 17.3 Å². The fourth-order valence-corrected chi connectivity index (χ4v) is 1.39. The summed E-state index contributed by atoms with van der Waals surface area (Å²) < 4.78 is 31.8. The van der Waals surface area contributed by atoms with Gasteiger partial charge in [-0.05, 0) is 19.1 Å². The Morgan fingerprint density at radius 1 is 1.20 bits per heavy atom. The molecule has 106 valence electrons. The first kappa shape index (κ1) is 13.9. The molecule has 1 aromatic carbocycles. The normalized spacial score (nSPS) is 10.2. The van der Waals surface area contributed by atoms with Gasteiger partial charge in [0.2, 0.25) is 11.9 Å². The van der Waals surface area contributed by atoms with Gasteiger partial charge in [0.1, 0.15) is 0 Å². The number of hydrazine groups is 1. The maximum atomic E-state index is 13.5. The number of rotatable bonds is 5. The van der Waals surface area contributed by atoms with Crippen LogP contribution in [0.15, 0.2) is 18.2 Å². The highest BCUT2D eigenvalue weighted by atomic mass is 19.2. The van der Waals surface area contributed by atoms with Gasteiger partial charge in [-0.2, -0.15) is 15.0 Å². The van der Waals surface area contributed by atoms with Gasteiger partial charge in [-0.25, -0.2) is 14.6 Å². The third-order valence-corrected chi connectivity index (χ3v) is 2.22. The van der Waals surface area contributed by atoms with Crippen LogP contribution >= 0.6 is 0 Å². The lowest BCUT2D eigenvalue weighted by Crippen LogP contribution is -2.13. The third-order valence-electron chi connectivity index (χ3n) is 2.22. The smallest absolute Gasteiger partial charge is 0.323 e. The van der Waals surface area contributed by atoms with Crippen LogP contribution in [0, 0.1) is 11.6 Å². The number of nitrogens with zero attached hydrogens (tertiary/aromatic N) is 3. The van der Waals surface area contributed by atoms with Crippen molar-refractivity contribution in [2.45, 2.75) is 6.92 Å². The molecule has 4 N–H and O–H groups in total. The summed E-state index contributed by atoms with van der Waals surface area (Å²) in [6.45, 7) is 2.08. The molecule has 0 atom stereocenters. The Hall–Kier alpha value is -2.55. The molecule has 2 aromatic rings. The minimum atomic E-state index is -1.03. The van der Waals surface area contributed by atoms with Gasteiger partial charge in [0.25, 0.3) is 0 Å². The van der Waals surface area contributed by atoms with Gasteiger partial charge in [-0.3, -0.25) is 5.43 Å². The Balaban J connectivity index is 2.32. The molecule has 0 saturated carbocycles. The van der Waals surface area contributed by atoms with E-state index < -0.39 is 11.6 Å². The number of ether oxygens (including phenoxy) is 1. The number of aromatic nitrogens is 3. The molecule has 0 amide bonds. The second-order valence-electron chi connectivity index (χ2n) is 3.57. The second-order valence-corrected chi connectivity index (χ2v) is 3.57. The Bertz CT molecular complexity index is 609. The SMILES string of the molecule is CCOc1nc(NN)nc(Nc2cccc(F)c2F)n1. The molecule has 0 radical (unpaired) electrons. The Labute approximate surface area is 113 Å². The second kappa shape index (κ2) is 6.06. The lowest BCUT2D eigenvalue weighted by Gasteiger charge is -2.09. The number of nitrogen functional groups attached to an aromatic ring is 1. The summed E-state index contributed by atoms with van der Waals surface area (Å²) in [5, 5.41) is 2.53. The van der Waals surface area contributed by atoms with Gasteiger partial charge < -0.3 is 10.1 Å². The third kappa shape index (κ3) is 3.06. The molecule has 2 rings (SSSR count). The van der Waals surface area contributed by atoms with E-state index in [1.54, 1.807) is 6.92 Å². The van der Waals surface area contributed by atoms with Crippen molar-refractivity contribution in [3.63, 3.8) is 0 Å². The highest BCUT2D eigenvalue weighted by Gasteiger charge is 2.11. The molecule has 7 nitrogen and oxygen atoms in total. The lowest BCUT2D eigenvalue weighted by molar-refractivity contribution is 0.312. The summed E-state index contributed by atoms with van der Waals surface area (Å²) >= 11 is 0. The minimum absolute atomic E-state index is 0.00904. The summed E-state index contributed by atoms with van der Waals surface area (Å²) in [6, 6.07) is 3.72. The molecule has 0 saturated heterocycles. The van der Waals surface area contributed by atoms with Crippen molar-refractivity contribution in [3.8, 4) is 6.01 Å². The monoisotopic (exact) mass is 282 g/mol. The Morgan fingerprint density at radius 2 is 1.95 bits per heavy atom. The highest BCUT2D eigenvalue weighted by Crippen LogP contribution is 2.21. The number of benzene rings is 1. The maximum absolute atomic E-state index is 13.5. The zero-order valence-electron chi connectivity index (χ0n) is 10.5. The molecule has 0 spiro atoms. The molecule has 0 unspecified atom stereocenters. The highest BCUT2D eigenvalue weighted by molar-refractivity contribution is 5.55. The van der Waals surface area contributed by atoms with Gasteiger partial charge >= 0.3 is 6.01 Å². The van der Waals surface area contributed by atoms with Gasteiger partial charge in [0.05, 0.1) is 12.3 Å². The molecule has 9 heteroatoms. The van der Waals surface area contributed by atoms with Crippen LogP contribution in [0.3, 0.4) is 0 Å². The minimum Gasteiger partial charge on any atom is -0.464 e. The summed E-state index contributed by atoms with van der Waals surface area (Å²) in [4.78, 5) is 11.6. The molecule has 0 aliphatic heterocycles. The number of anilines is 3. The van der Waals surface area contributed by atoms with E-state index in [1.807, 2.05) is 0 Å². The molecule has 0 aliphatic carbocycles. The van der Waals surface area contributed by atoms with Gasteiger partial charge in [-0.15, -0.1) is 0 Å². The van der Waals surface area contributed by atoms with E-state index in [4.69, 9.17) is 10.6 Å². The first-order valence-corrected chi connectivity index (χ1v) is 5.70. The van der Waals surface area contributed by atoms with Crippen molar-refractivity contribution < 1.29 is 13.5 Å². The van der Waals surface area contributed by atoms with Crippen LogP contribution in [0.2, 0.25) is 0 Å². The first-order chi connectivity index (χ1) is 9.63. The van der Waals surface area contributed by atoms with Crippen LogP contribution in [0.4, 0.5) is 26.4 Å². The van der Waals surface area contributed by atoms with E-state index in [9.17, 15) is 8.78 Å². The zero-order valence-corrected chi connectivity index (χ0v) is 10.5. The van der Waals surface area contributed by atoms with Gasteiger partial charge in [0, 0.05) is 0 Å². The number of hydrogen-bond donors (Lipinski definition) is 3. The van der Waals surface area contributed by atoms with Crippen LogP contribution in [0.5, 0.6) is 6.01 Å². The standard InChI is InChI=1S/C11H12F2N6O/c1-2-20-11-17-9(16-10(18-11)19-14)15-7-5-3-4-6(12)8(7)13/h3-5H,2,14H2,1H3,(H2,15,16,17,18,19). The van der Waals surface area contributed by atoms with E-state index in [1.165, 1.54) is 12.1 Å². The fraction of sp³-hybridized carbons (Fsp3) is 0.182. The van der Waals surface area contributed by atoms with E-state index in [2.05, 4.69) is 25.7 Å². The number of nitrogens with two attached hydrogens (primary N) is 1. The number of nitrogens with one attached hydrogen (secondary N) is 2. The summed E-state index contributed by atoms with van der Waals surface area (Å²) in [7, 11) is 0. The molecule has 1 aromatic heterocycles. The molecule has 0 bridgehead atoms. The first-order valence-electron chi connectivity index (χ1n) is 5.70. The molecule has 0 fully saturated rings.